The van der Waals surface area contributed by atoms with Gasteiger partial charge in [0.05, 0.1) is 24.8 Å². The fourth-order valence-corrected chi connectivity index (χ4v) is 4.95. The van der Waals surface area contributed by atoms with Gasteiger partial charge in [0, 0.05) is 12.1 Å². The largest absolute Gasteiger partial charge is 0.391 e. The first kappa shape index (κ1) is 28.0. The fourth-order valence-electron chi connectivity index (χ4n) is 4.95. The van der Waals surface area contributed by atoms with Crippen LogP contribution in [0.15, 0.2) is 0 Å². The Bertz CT molecular complexity index is 675. The van der Waals surface area contributed by atoms with Crippen molar-refractivity contribution in [3.05, 3.63) is 0 Å². The second kappa shape index (κ2) is 10.8. The maximum absolute atomic E-state index is 11.1. The van der Waals surface area contributed by atoms with E-state index in [2.05, 4.69) is 5.32 Å². The first-order valence-corrected chi connectivity index (χ1v) is 11.4. The number of aliphatic hydroxyl groups excluding tert-OH is 5. The van der Waals surface area contributed by atoms with Gasteiger partial charge < -0.3 is 72.1 Å². The van der Waals surface area contributed by atoms with E-state index in [-0.39, 0.29) is 13.0 Å². The van der Waals surface area contributed by atoms with Crippen LogP contribution < -0.4 is 22.5 Å². The summed E-state index contributed by atoms with van der Waals surface area (Å²) in [5, 5.41) is 65.2. The van der Waals surface area contributed by atoms with Gasteiger partial charge in [0.2, 0.25) is 0 Å². The molecular formula is C20H40N4O10. The van der Waals surface area contributed by atoms with Gasteiger partial charge in [-0.2, -0.15) is 0 Å². The van der Waals surface area contributed by atoms with E-state index in [9.17, 15) is 30.6 Å². The highest BCUT2D eigenvalue weighted by atomic mass is 16.7. The Morgan fingerprint density at radius 3 is 2.03 bits per heavy atom. The highest BCUT2D eigenvalue weighted by Crippen LogP contribution is 2.32. The Balaban J connectivity index is 1.73. The average molecular weight is 497 g/mol. The van der Waals surface area contributed by atoms with Crippen LogP contribution in [0.4, 0.5) is 0 Å². The summed E-state index contributed by atoms with van der Waals surface area (Å²) in [6, 6.07) is -3.47. The zero-order chi connectivity index (χ0) is 25.5. The third kappa shape index (κ3) is 5.40. The van der Waals surface area contributed by atoms with Crippen molar-refractivity contribution < 1.29 is 49.6 Å². The van der Waals surface area contributed by atoms with Crippen LogP contribution in [0, 0.1) is 0 Å². The molecule has 15 atom stereocenters. The minimum Gasteiger partial charge on any atom is -0.391 e. The fraction of sp³-hybridized carbons (Fsp3) is 1.00. The van der Waals surface area contributed by atoms with Gasteiger partial charge in [-0.15, -0.1) is 0 Å². The molecule has 3 rings (SSSR count). The van der Waals surface area contributed by atoms with Crippen molar-refractivity contribution in [1.29, 1.82) is 0 Å². The highest BCUT2D eigenvalue weighted by Gasteiger charge is 2.52. The normalized spacial score (nSPS) is 53.5. The van der Waals surface area contributed by atoms with E-state index in [1.807, 2.05) is 0 Å². The molecule has 0 aromatic heterocycles. The minimum atomic E-state index is -1.46. The number of nitrogens with one attached hydrogen (secondary N) is 1. The molecule has 2 aliphatic heterocycles. The van der Waals surface area contributed by atoms with E-state index in [1.165, 1.54) is 13.8 Å². The van der Waals surface area contributed by atoms with Crippen LogP contribution in [0.2, 0.25) is 0 Å². The number of rotatable bonds is 6. The number of hydrogen-bond donors (Lipinski definition) is 10. The van der Waals surface area contributed by atoms with Crippen LogP contribution >= 0.6 is 0 Å². The molecule has 2 heterocycles. The molecule has 34 heavy (non-hydrogen) atoms. The summed E-state index contributed by atoms with van der Waals surface area (Å²) >= 11 is 0. The summed E-state index contributed by atoms with van der Waals surface area (Å²) in [5.41, 5.74) is 17.0. The number of likely N-dealkylation sites (N-methyl/N-ethyl adjacent to an activating group) is 1. The number of aliphatic hydroxyl groups is 6. The molecule has 14 nitrogen and oxygen atoms in total. The molecule has 0 unspecified atom stereocenters. The lowest BCUT2D eigenvalue weighted by atomic mass is 9.84. The Labute approximate surface area is 197 Å². The van der Waals surface area contributed by atoms with Crippen LogP contribution in [0.1, 0.15) is 20.3 Å². The van der Waals surface area contributed by atoms with E-state index in [0.29, 0.717) is 0 Å². The number of ether oxygens (including phenoxy) is 4. The first-order chi connectivity index (χ1) is 15.8. The maximum atomic E-state index is 11.1. The van der Waals surface area contributed by atoms with Crippen LogP contribution in [0.3, 0.4) is 0 Å². The topological polar surface area (TPSA) is 248 Å². The van der Waals surface area contributed by atoms with E-state index in [0.717, 1.165) is 0 Å². The second-order valence-electron chi connectivity index (χ2n) is 9.82. The maximum Gasteiger partial charge on any atom is 0.185 e. The van der Waals surface area contributed by atoms with E-state index < -0.39 is 91.2 Å². The van der Waals surface area contributed by atoms with E-state index >= 15 is 0 Å². The molecule has 3 aliphatic rings. The third-order valence-electron chi connectivity index (χ3n) is 6.95. The predicted octanol–water partition coefficient (Wildman–Crippen LogP) is -5.61. The summed E-state index contributed by atoms with van der Waals surface area (Å²) in [6.07, 6.45) is -12.4. The molecular weight excluding hydrogens is 456 g/mol. The van der Waals surface area contributed by atoms with Gasteiger partial charge in [0.25, 0.3) is 0 Å². The van der Waals surface area contributed by atoms with Crippen molar-refractivity contribution in [1.82, 2.24) is 5.32 Å². The minimum absolute atomic E-state index is 0.135. The summed E-state index contributed by atoms with van der Waals surface area (Å²) in [6.45, 7) is 2.75. The summed E-state index contributed by atoms with van der Waals surface area (Å²) in [7, 11) is 1.58. The molecule has 14 heteroatoms. The lowest BCUT2D eigenvalue weighted by Gasteiger charge is -2.49. The van der Waals surface area contributed by atoms with Crippen molar-refractivity contribution >= 4 is 0 Å². The summed E-state index contributed by atoms with van der Waals surface area (Å²) < 4.78 is 22.8. The molecule has 0 bridgehead atoms. The van der Waals surface area contributed by atoms with E-state index in [4.69, 9.17) is 36.1 Å². The van der Waals surface area contributed by atoms with Gasteiger partial charge >= 0.3 is 0 Å². The van der Waals surface area contributed by atoms with Gasteiger partial charge in [0.1, 0.15) is 48.3 Å². The Kier molecular flexibility index (Phi) is 8.92. The van der Waals surface area contributed by atoms with Crippen LogP contribution in [-0.4, -0.2) is 135 Å². The van der Waals surface area contributed by atoms with Gasteiger partial charge in [-0.05, 0) is 27.3 Å². The molecule has 0 aromatic rings. The Morgan fingerprint density at radius 1 is 0.941 bits per heavy atom. The van der Waals surface area contributed by atoms with Crippen molar-refractivity contribution in [2.45, 2.75) is 111 Å². The van der Waals surface area contributed by atoms with Crippen LogP contribution in [0.5, 0.6) is 0 Å². The lowest BCUT2D eigenvalue weighted by molar-refractivity contribution is -0.319. The van der Waals surface area contributed by atoms with Crippen molar-refractivity contribution in [3.63, 3.8) is 0 Å². The molecule has 0 aromatic carbocycles. The molecule has 0 spiro atoms. The van der Waals surface area contributed by atoms with Gasteiger partial charge in [-0.1, -0.05) is 0 Å². The SMILES string of the molecule is CN[C@H]1[C@@H](O)[C@@H](O[C@@H]2[C@H](O)[C@H](O[C@@H]3O[C@@H]([C@@H](C)O)[C@H](O)[C@H](O)[C@@H]3N)[C@H](N)C[C@@H]2N)OC[C@]1(C)O. The molecule has 3 fully saturated rings. The van der Waals surface area contributed by atoms with Crippen molar-refractivity contribution in [2.24, 2.45) is 17.2 Å². The second-order valence-corrected chi connectivity index (χ2v) is 9.82. The molecule has 0 radical (unpaired) electrons. The molecule has 1 saturated carbocycles. The van der Waals surface area contributed by atoms with Gasteiger partial charge in [0.15, 0.2) is 12.6 Å². The third-order valence-corrected chi connectivity index (χ3v) is 6.95. The zero-order valence-electron chi connectivity index (χ0n) is 19.5. The Morgan fingerprint density at radius 2 is 1.50 bits per heavy atom. The van der Waals surface area contributed by atoms with Gasteiger partial charge in [-0.25, -0.2) is 0 Å². The standard InChI is InChI=1S/C20H40N4O10/c1-6(25)14-11(27)10(26)9(23)18(32-14)33-15-7(21)4-8(22)16(12(15)28)34-19-13(29)17(24-3)20(2,30)5-31-19/h6-19,24-30H,4-5,21-23H2,1-3H3/t6-,7-,8+,9+,10-,11-,12-,13-,14+,15-,16+,17+,18+,19-,20+/m1/s1. The van der Waals surface area contributed by atoms with Crippen molar-refractivity contribution in [2.75, 3.05) is 13.7 Å². The molecule has 1 aliphatic carbocycles. The molecule has 200 valence electrons. The zero-order valence-corrected chi connectivity index (χ0v) is 19.5. The van der Waals surface area contributed by atoms with Crippen LogP contribution in [-0.2, 0) is 18.9 Å². The smallest absolute Gasteiger partial charge is 0.185 e. The predicted molar refractivity (Wildman–Crippen MR) is 116 cm³/mol. The lowest BCUT2D eigenvalue weighted by Crippen LogP contribution is -2.69. The monoisotopic (exact) mass is 496 g/mol. The molecule has 13 N–H and O–H groups in total. The average Bonchev–Trinajstić information content (AvgIpc) is 2.75. The number of nitrogens with two attached hydrogens (primary N) is 3. The highest BCUT2D eigenvalue weighted by molar-refractivity contribution is 5.02. The Hall–Kier alpha value is -0.560. The quantitative estimate of drug-likeness (QED) is 0.165. The van der Waals surface area contributed by atoms with Crippen molar-refractivity contribution in [3.8, 4) is 0 Å². The summed E-state index contributed by atoms with van der Waals surface area (Å²) in [4.78, 5) is 0. The molecule has 0 amide bonds. The van der Waals surface area contributed by atoms with Gasteiger partial charge in [-0.3, -0.25) is 0 Å². The summed E-state index contributed by atoms with van der Waals surface area (Å²) in [5.74, 6) is 0. The molecule has 2 saturated heterocycles. The first-order valence-electron chi connectivity index (χ1n) is 11.4. The van der Waals surface area contributed by atoms with Crippen LogP contribution in [0.25, 0.3) is 0 Å². The van der Waals surface area contributed by atoms with E-state index in [1.54, 1.807) is 7.05 Å². The number of hydrogen-bond acceptors (Lipinski definition) is 14.